The van der Waals surface area contributed by atoms with Crippen LogP contribution in [0.1, 0.15) is 0 Å². The molecule has 0 fully saturated rings. The lowest BCUT2D eigenvalue weighted by Gasteiger charge is -1.91. The average molecular weight is 162 g/mol. The standard InChI is InChI=1S/3CHO2.Al/c3*2-1-3;/h3*(H,2,3);. The van der Waals surface area contributed by atoms with Gasteiger partial charge >= 0.3 is 14.1 Å². The summed E-state index contributed by atoms with van der Waals surface area (Å²) in [6.45, 7) is 0. The van der Waals surface area contributed by atoms with Crippen LogP contribution in [0.2, 0.25) is 0 Å². The Hall–Kier alpha value is -1.06. The first-order valence-electron chi connectivity index (χ1n) is 2.15. The highest BCUT2D eigenvalue weighted by molar-refractivity contribution is 7.25. The zero-order valence-electron chi connectivity index (χ0n) is 4.64. The molecule has 0 spiro atoms. The molecule has 54 valence electrons. The van der Waals surface area contributed by atoms with Gasteiger partial charge in [0.2, 0.25) is 14.5 Å². The Kier molecular flexibility index (Phi) is 2.86. The lowest BCUT2D eigenvalue weighted by Crippen LogP contribution is -2.40. The minimum atomic E-state index is -3.70. The van der Waals surface area contributed by atoms with E-state index in [1.807, 2.05) is 0 Å². The van der Waals surface area contributed by atoms with Crippen LogP contribution < -0.4 is 0 Å². The van der Waals surface area contributed by atoms with Crippen LogP contribution in [0.15, 0.2) is 0 Å². The van der Waals surface area contributed by atoms with E-state index in [0.717, 1.165) is 0 Å². The SMILES string of the molecule is O=[C](O)[Al]([C](=O)O)[C](=O)O. The Morgan fingerprint density at radius 1 is 0.800 bits per heavy atom. The molecule has 0 atom stereocenters. The molecule has 0 radical (unpaired) electrons. The zero-order valence-corrected chi connectivity index (χ0v) is 5.80. The third kappa shape index (κ3) is 2.05. The van der Waals surface area contributed by atoms with Gasteiger partial charge in [0.25, 0.3) is 0 Å². The number of carboxylic acid groups (broad SMARTS) is 3. The highest BCUT2D eigenvalue weighted by atomic mass is 27.2. The molecule has 0 saturated heterocycles. The maximum atomic E-state index is 9.88. The zero-order chi connectivity index (χ0) is 8.31. The third-order valence-electron chi connectivity index (χ3n) is 0.741. The molecular formula is C3H3AlO6. The summed E-state index contributed by atoms with van der Waals surface area (Å²) < 4.78 is 0. The molecule has 0 aliphatic heterocycles. The van der Waals surface area contributed by atoms with Gasteiger partial charge in [-0.25, -0.2) is 0 Å². The van der Waals surface area contributed by atoms with Gasteiger partial charge in [-0.2, -0.15) is 0 Å². The van der Waals surface area contributed by atoms with Crippen molar-refractivity contribution < 1.29 is 29.7 Å². The third-order valence-corrected chi connectivity index (χ3v) is 2.22. The van der Waals surface area contributed by atoms with E-state index in [-0.39, 0.29) is 0 Å². The van der Waals surface area contributed by atoms with E-state index in [1.54, 1.807) is 0 Å². The first kappa shape index (κ1) is 8.94. The molecule has 0 aromatic carbocycles. The molecule has 10 heavy (non-hydrogen) atoms. The molecule has 0 aromatic heterocycles. The van der Waals surface area contributed by atoms with Gasteiger partial charge in [0, 0.05) is 0 Å². The Morgan fingerprint density at radius 3 is 1.00 bits per heavy atom. The molecule has 6 nitrogen and oxygen atoms in total. The van der Waals surface area contributed by atoms with Crippen LogP contribution in [0.5, 0.6) is 0 Å². The van der Waals surface area contributed by atoms with Crippen LogP contribution in [0.3, 0.4) is 0 Å². The van der Waals surface area contributed by atoms with Crippen molar-refractivity contribution in [2.45, 2.75) is 0 Å². The smallest absolute Gasteiger partial charge is 0.495 e. The highest BCUT2D eigenvalue weighted by Gasteiger charge is 2.48. The molecule has 0 heterocycles. The van der Waals surface area contributed by atoms with Crippen molar-refractivity contribution >= 4 is 28.6 Å². The molecule has 0 unspecified atom stereocenters. The fourth-order valence-corrected chi connectivity index (χ4v) is 0.951. The second-order valence-electron chi connectivity index (χ2n) is 1.45. The molecule has 7 heteroatoms. The summed E-state index contributed by atoms with van der Waals surface area (Å²) in [7, 11) is 0. The fourth-order valence-electron chi connectivity index (χ4n) is 0.317. The van der Waals surface area contributed by atoms with Crippen molar-refractivity contribution in [2.75, 3.05) is 0 Å². The molecule has 0 aliphatic carbocycles. The minimum Gasteiger partial charge on any atom is -0.495 e. The largest absolute Gasteiger partial charge is 0.738 e. The van der Waals surface area contributed by atoms with Gasteiger partial charge in [-0.05, 0) is 0 Å². The first-order valence-corrected chi connectivity index (χ1v) is 3.88. The Labute approximate surface area is 59.1 Å². The van der Waals surface area contributed by atoms with Crippen LogP contribution in [-0.2, 0) is 0 Å². The van der Waals surface area contributed by atoms with E-state index in [1.165, 1.54) is 0 Å². The van der Waals surface area contributed by atoms with Crippen molar-refractivity contribution in [3.8, 4) is 0 Å². The van der Waals surface area contributed by atoms with Gasteiger partial charge in [0.05, 0.1) is 0 Å². The predicted octanol–water partition coefficient (Wildman–Crippen LogP) is 0.260. The molecule has 3 N–H and O–H groups in total. The summed E-state index contributed by atoms with van der Waals surface area (Å²) in [5.74, 6) is 0. The molecule has 0 rings (SSSR count). The fraction of sp³-hybridized carbons (Fsp3) is 0. The number of hydrogen-bond acceptors (Lipinski definition) is 3. The van der Waals surface area contributed by atoms with E-state index in [2.05, 4.69) is 0 Å². The van der Waals surface area contributed by atoms with Gasteiger partial charge in [0.1, 0.15) is 0 Å². The van der Waals surface area contributed by atoms with E-state index >= 15 is 0 Å². The van der Waals surface area contributed by atoms with E-state index in [0.29, 0.717) is 0 Å². The Bertz CT molecular complexity index is 152. The summed E-state index contributed by atoms with van der Waals surface area (Å²) in [5.41, 5.74) is 0. The number of carbonyl (C=O) groups is 3. The maximum absolute atomic E-state index is 9.88. The topological polar surface area (TPSA) is 112 Å². The van der Waals surface area contributed by atoms with Crippen LogP contribution in [0, 0.1) is 0 Å². The minimum absolute atomic E-state index is 1.74. The van der Waals surface area contributed by atoms with Crippen LogP contribution in [-0.4, -0.2) is 44.0 Å². The average Bonchev–Trinajstić information content (AvgIpc) is 1.59. The molecule has 0 saturated carbocycles. The number of hydrogen-bond donors (Lipinski definition) is 3. The summed E-state index contributed by atoms with van der Waals surface area (Å²) in [5, 5.41) is 24.0. The quantitative estimate of drug-likeness (QED) is 0.513. The van der Waals surface area contributed by atoms with E-state index in [9.17, 15) is 14.4 Å². The Balaban J connectivity index is 4.43. The van der Waals surface area contributed by atoms with Crippen molar-refractivity contribution in [3.63, 3.8) is 0 Å². The summed E-state index contributed by atoms with van der Waals surface area (Å²) in [6, 6.07) is 0. The lowest BCUT2D eigenvalue weighted by atomic mass is 11.5. The van der Waals surface area contributed by atoms with Gasteiger partial charge in [-0.3, -0.25) is 14.4 Å². The van der Waals surface area contributed by atoms with Crippen LogP contribution in [0.25, 0.3) is 0 Å². The molecule has 0 bridgehead atoms. The van der Waals surface area contributed by atoms with Gasteiger partial charge in [-0.1, -0.05) is 0 Å². The summed E-state index contributed by atoms with van der Waals surface area (Å²) in [4.78, 5) is 24.4. The van der Waals surface area contributed by atoms with Crippen molar-refractivity contribution in [3.05, 3.63) is 0 Å². The van der Waals surface area contributed by atoms with Gasteiger partial charge < -0.3 is 15.3 Å². The first-order chi connectivity index (χ1) is 4.46. The predicted molar refractivity (Wildman–Crippen MR) is 29.8 cm³/mol. The van der Waals surface area contributed by atoms with Gasteiger partial charge in [-0.15, -0.1) is 0 Å². The van der Waals surface area contributed by atoms with E-state index < -0.39 is 28.6 Å². The van der Waals surface area contributed by atoms with Crippen molar-refractivity contribution in [1.82, 2.24) is 0 Å². The summed E-state index contributed by atoms with van der Waals surface area (Å²) >= 11 is -3.70. The molecule has 0 amide bonds. The second-order valence-corrected chi connectivity index (χ2v) is 3.80. The summed E-state index contributed by atoms with van der Waals surface area (Å²) in [6.07, 6.45) is 0. The maximum Gasteiger partial charge on any atom is 0.738 e. The molecule has 0 aromatic rings. The lowest BCUT2D eigenvalue weighted by molar-refractivity contribution is 0.204. The monoisotopic (exact) mass is 162 g/mol. The number of rotatable bonds is 3. The second kappa shape index (κ2) is 3.20. The Morgan fingerprint density at radius 2 is 1.00 bits per heavy atom. The normalized spacial score (nSPS) is 8.40. The van der Waals surface area contributed by atoms with Crippen molar-refractivity contribution in [1.29, 1.82) is 0 Å². The molecule has 0 aliphatic rings. The molecular weight excluding hydrogens is 159 g/mol. The van der Waals surface area contributed by atoms with Crippen LogP contribution in [0.4, 0.5) is 14.4 Å². The van der Waals surface area contributed by atoms with Gasteiger partial charge in [0.15, 0.2) is 0 Å². The van der Waals surface area contributed by atoms with E-state index in [4.69, 9.17) is 15.3 Å². The van der Waals surface area contributed by atoms with Crippen LogP contribution >= 0.6 is 0 Å². The highest BCUT2D eigenvalue weighted by Crippen LogP contribution is 1.88. The van der Waals surface area contributed by atoms with Crippen molar-refractivity contribution in [2.24, 2.45) is 0 Å².